The van der Waals surface area contributed by atoms with Crippen LogP contribution in [0, 0.1) is 0 Å². The first-order valence-corrected chi connectivity index (χ1v) is 5.96. The molecule has 1 fully saturated rings. The molecule has 0 saturated carbocycles. The van der Waals surface area contributed by atoms with E-state index < -0.39 is 0 Å². The average Bonchev–Trinajstić information content (AvgIpc) is 2.19. The smallest absolute Gasteiger partial charge is 0.0543 e. The molecule has 0 aromatic heterocycles. The highest BCUT2D eigenvalue weighted by Gasteiger charge is 2.17. The molecule has 1 aliphatic rings. The Morgan fingerprint density at radius 1 is 1.14 bits per heavy atom. The molecule has 2 N–H and O–H groups in total. The van der Waals surface area contributed by atoms with Crippen LogP contribution in [0.15, 0.2) is 0 Å². The largest absolute Gasteiger partial charge is 0.316 e. The molecule has 0 aliphatic carbocycles. The Kier molecular flexibility index (Phi) is 5.45. The van der Waals surface area contributed by atoms with E-state index in [1.54, 1.807) is 0 Å². The number of nitrogens with two attached hydrogens (primary N) is 1. The van der Waals surface area contributed by atoms with Crippen LogP contribution in [0.2, 0.25) is 0 Å². The van der Waals surface area contributed by atoms with E-state index >= 15 is 0 Å². The molecule has 0 spiro atoms. The highest BCUT2D eigenvalue weighted by atomic mass is 15.3. The first-order chi connectivity index (χ1) is 6.74. The van der Waals surface area contributed by atoms with Crippen LogP contribution in [0.3, 0.4) is 0 Å². The molecule has 0 aromatic carbocycles. The van der Waals surface area contributed by atoms with Crippen molar-refractivity contribution < 1.29 is 0 Å². The number of unbranched alkanes of at least 4 members (excludes halogenated alkanes) is 2. The fourth-order valence-corrected chi connectivity index (χ4v) is 1.98. The molecule has 14 heavy (non-hydrogen) atoms. The fourth-order valence-electron chi connectivity index (χ4n) is 1.98. The highest BCUT2D eigenvalue weighted by Crippen LogP contribution is 2.05. The molecule has 0 aromatic rings. The predicted molar refractivity (Wildman–Crippen MR) is 61.2 cm³/mol. The molecule has 0 bridgehead atoms. The third kappa shape index (κ3) is 3.95. The number of nitrogens with zero attached hydrogens (tertiary/aromatic N) is 2. The molecule has 3 heteroatoms. The number of piperazine rings is 1. The summed E-state index contributed by atoms with van der Waals surface area (Å²) < 4.78 is 0. The summed E-state index contributed by atoms with van der Waals surface area (Å²) in [5.74, 6) is 0. The van der Waals surface area contributed by atoms with Gasteiger partial charge in [-0.05, 0) is 19.9 Å². The summed E-state index contributed by atoms with van der Waals surface area (Å²) in [5.41, 5.74) is 5.84. The fraction of sp³-hybridized carbons (Fsp3) is 1.00. The molecule has 0 radical (unpaired) electrons. The van der Waals surface area contributed by atoms with Crippen LogP contribution in [-0.2, 0) is 0 Å². The van der Waals surface area contributed by atoms with Crippen LogP contribution in [0.25, 0.3) is 0 Å². The summed E-state index contributed by atoms with van der Waals surface area (Å²) >= 11 is 0. The molecule has 1 atom stereocenters. The molecule has 1 unspecified atom stereocenters. The van der Waals surface area contributed by atoms with E-state index in [1.165, 1.54) is 38.9 Å². The molecular formula is C11H25N3. The number of hydrogen-bond acceptors (Lipinski definition) is 3. The van der Waals surface area contributed by atoms with Crippen LogP contribution in [0.4, 0.5) is 0 Å². The van der Waals surface area contributed by atoms with Crippen molar-refractivity contribution in [3.8, 4) is 0 Å². The van der Waals surface area contributed by atoms with E-state index in [2.05, 4.69) is 23.6 Å². The molecule has 3 nitrogen and oxygen atoms in total. The van der Waals surface area contributed by atoms with Gasteiger partial charge >= 0.3 is 0 Å². The Balaban J connectivity index is 2.09. The minimum absolute atomic E-state index is 0.229. The van der Waals surface area contributed by atoms with Crippen LogP contribution >= 0.6 is 0 Å². The van der Waals surface area contributed by atoms with Crippen molar-refractivity contribution in [1.29, 1.82) is 0 Å². The maximum absolute atomic E-state index is 5.84. The van der Waals surface area contributed by atoms with Gasteiger partial charge in [-0.1, -0.05) is 19.8 Å². The summed E-state index contributed by atoms with van der Waals surface area (Å²) in [7, 11) is 0. The minimum atomic E-state index is 0.229. The van der Waals surface area contributed by atoms with Crippen molar-refractivity contribution in [2.75, 3.05) is 32.7 Å². The normalized spacial score (nSPS) is 22.5. The lowest BCUT2D eigenvalue weighted by atomic mass is 10.2. The molecule has 84 valence electrons. The Hall–Kier alpha value is -0.120. The van der Waals surface area contributed by atoms with Crippen molar-refractivity contribution in [3.05, 3.63) is 0 Å². The summed E-state index contributed by atoms with van der Waals surface area (Å²) in [4.78, 5) is 4.92. The molecular weight excluding hydrogens is 174 g/mol. The second-order valence-electron chi connectivity index (χ2n) is 4.33. The molecule has 1 heterocycles. The molecule has 1 rings (SSSR count). The second kappa shape index (κ2) is 6.38. The van der Waals surface area contributed by atoms with Crippen molar-refractivity contribution in [3.63, 3.8) is 0 Å². The van der Waals surface area contributed by atoms with Gasteiger partial charge in [0.2, 0.25) is 0 Å². The zero-order chi connectivity index (χ0) is 10.4. The van der Waals surface area contributed by atoms with E-state index in [0.29, 0.717) is 0 Å². The van der Waals surface area contributed by atoms with Gasteiger partial charge in [-0.2, -0.15) is 0 Å². The summed E-state index contributed by atoms with van der Waals surface area (Å²) in [6.07, 6.45) is 4.27. The maximum atomic E-state index is 5.84. The minimum Gasteiger partial charge on any atom is -0.316 e. The van der Waals surface area contributed by atoms with Crippen molar-refractivity contribution >= 4 is 0 Å². The van der Waals surface area contributed by atoms with Gasteiger partial charge < -0.3 is 10.6 Å². The van der Waals surface area contributed by atoms with Crippen LogP contribution in [0.5, 0.6) is 0 Å². The van der Waals surface area contributed by atoms with Crippen molar-refractivity contribution in [2.45, 2.75) is 39.3 Å². The van der Waals surface area contributed by atoms with E-state index in [9.17, 15) is 0 Å². The second-order valence-corrected chi connectivity index (χ2v) is 4.33. The predicted octanol–water partition coefficient (Wildman–Crippen LogP) is 1.10. The van der Waals surface area contributed by atoms with Gasteiger partial charge in [0.05, 0.1) is 6.17 Å². The standard InChI is InChI=1S/C11H25N3/c1-3-4-5-6-13-7-9-14(10-8-13)11(2)12/h11H,3-10,12H2,1-2H3. The Labute approximate surface area is 88.2 Å². The van der Waals surface area contributed by atoms with E-state index in [0.717, 1.165) is 13.1 Å². The number of rotatable bonds is 5. The molecule has 1 saturated heterocycles. The zero-order valence-electron chi connectivity index (χ0n) is 9.71. The topological polar surface area (TPSA) is 32.5 Å². The van der Waals surface area contributed by atoms with E-state index in [-0.39, 0.29) is 6.17 Å². The van der Waals surface area contributed by atoms with E-state index in [1.807, 2.05) is 0 Å². The van der Waals surface area contributed by atoms with Crippen molar-refractivity contribution in [1.82, 2.24) is 9.80 Å². The highest BCUT2D eigenvalue weighted by molar-refractivity contribution is 4.73. The average molecular weight is 199 g/mol. The van der Waals surface area contributed by atoms with Crippen LogP contribution in [0.1, 0.15) is 33.1 Å². The monoisotopic (exact) mass is 199 g/mol. The summed E-state index contributed by atoms with van der Waals surface area (Å²) in [5, 5.41) is 0. The van der Waals surface area contributed by atoms with E-state index in [4.69, 9.17) is 5.73 Å². The molecule has 0 amide bonds. The Bertz CT molecular complexity index is 139. The lowest BCUT2D eigenvalue weighted by molar-refractivity contribution is 0.103. The van der Waals surface area contributed by atoms with Gasteiger partial charge in [0.25, 0.3) is 0 Å². The van der Waals surface area contributed by atoms with Crippen LogP contribution in [-0.4, -0.2) is 48.7 Å². The Morgan fingerprint density at radius 3 is 2.29 bits per heavy atom. The van der Waals surface area contributed by atoms with Gasteiger partial charge in [-0.3, -0.25) is 4.90 Å². The summed E-state index contributed by atoms with van der Waals surface area (Å²) in [6.45, 7) is 10.3. The third-order valence-electron chi connectivity index (χ3n) is 3.06. The van der Waals surface area contributed by atoms with Gasteiger partial charge in [0, 0.05) is 26.2 Å². The SMILES string of the molecule is CCCCCN1CCN(C(C)N)CC1. The first kappa shape index (κ1) is 12.0. The Morgan fingerprint density at radius 2 is 1.79 bits per heavy atom. The quantitative estimate of drug-likeness (QED) is 0.673. The third-order valence-corrected chi connectivity index (χ3v) is 3.06. The van der Waals surface area contributed by atoms with Crippen LogP contribution < -0.4 is 5.73 Å². The lowest BCUT2D eigenvalue weighted by Gasteiger charge is -2.36. The van der Waals surface area contributed by atoms with Crippen molar-refractivity contribution in [2.24, 2.45) is 5.73 Å². The van der Waals surface area contributed by atoms with Gasteiger partial charge in [0.1, 0.15) is 0 Å². The first-order valence-electron chi connectivity index (χ1n) is 5.96. The number of hydrogen-bond donors (Lipinski definition) is 1. The van der Waals surface area contributed by atoms with Gasteiger partial charge in [0.15, 0.2) is 0 Å². The lowest BCUT2D eigenvalue weighted by Crippen LogP contribution is -2.52. The van der Waals surface area contributed by atoms with Gasteiger partial charge in [-0.15, -0.1) is 0 Å². The summed E-state index contributed by atoms with van der Waals surface area (Å²) in [6, 6.07) is 0. The maximum Gasteiger partial charge on any atom is 0.0543 e. The molecule has 1 aliphatic heterocycles. The zero-order valence-corrected chi connectivity index (χ0v) is 9.71. The van der Waals surface area contributed by atoms with Gasteiger partial charge in [-0.25, -0.2) is 0 Å².